The Labute approximate surface area is 100 Å². The molecule has 2 nitrogen and oxygen atoms in total. The van der Waals surface area contributed by atoms with Crippen LogP contribution in [-0.2, 0) is 6.42 Å². The summed E-state index contributed by atoms with van der Waals surface area (Å²) in [5, 5.41) is 3.79. The normalized spacial score (nSPS) is 10.1. The fourth-order valence-electron chi connectivity index (χ4n) is 1.52. The number of benzene rings is 1. The number of rotatable bonds is 3. The van der Waals surface area contributed by atoms with Gasteiger partial charge in [-0.2, -0.15) is 0 Å². The van der Waals surface area contributed by atoms with Gasteiger partial charge in [0.2, 0.25) is 0 Å². The maximum absolute atomic E-state index is 5.82. The number of nitrogens with zero attached hydrogens (tertiary/aromatic N) is 1. The van der Waals surface area contributed by atoms with E-state index in [0.29, 0.717) is 5.15 Å². The molecule has 2 rings (SSSR count). The lowest BCUT2D eigenvalue weighted by atomic mass is 10.1. The van der Waals surface area contributed by atoms with Crippen molar-refractivity contribution in [3.8, 4) is 0 Å². The van der Waals surface area contributed by atoms with Gasteiger partial charge >= 0.3 is 0 Å². The van der Waals surface area contributed by atoms with Crippen molar-refractivity contribution in [2.45, 2.75) is 13.3 Å². The zero-order valence-corrected chi connectivity index (χ0v) is 9.83. The Morgan fingerprint density at radius 2 is 2.00 bits per heavy atom. The van der Waals surface area contributed by atoms with Crippen molar-refractivity contribution in [2.75, 3.05) is 5.32 Å². The predicted molar refractivity (Wildman–Crippen MR) is 68.3 cm³/mol. The van der Waals surface area contributed by atoms with Crippen LogP contribution in [0.5, 0.6) is 0 Å². The molecule has 0 spiro atoms. The van der Waals surface area contributed by atoms with Gasteiger partial charge in [0, 0.05) is 17.6 Å². The Hall–Kier alpha value is -1.54. The first-order valence-corrected chi connectivity index (χ1v) is 5.63. The van der Waals surface area contributed by atoms with Gasteiger partial charge in [0.15, 0.2) is 0 Å². The van der Waals surface area contributed by atoms with E-state index in [-0.39, 0.29) is 0 Å². The number of aryl methyl sites for hydroxylation is 1. The van der Waals surface area contributed by atoms with Crippen LogP contribution in [0.15, 0.2) is 42.6 Å². The second-order valence-corrected chi connectivity index (χ2v) is 3.93. The molecule has 0 fully saturated rings. The monoisotopic (exact) mass is 232 g/mol. The summed E-state index contributed by atoms with van der Waals surface area (Å²) in [4.78, 5) is 3.94. The summed E-state index contributed by atoms with van der Waals surface area (Å²) in [7, 11) is 0. The van der Waals surface area contributed by atoms with E-state index in [1.807, 2.05) is 18.2 Å². The SMILES string of the molecule is CCc1cccc(Nc2ccnc(Cl)c2)c1. The molecule has 3 heteroatoms. The lowest BCUT2D eigenvalue weighted by Crippen LogP contribution is -1.91. The van der Waals surface area contributed by atoms with Gasteiger partial charge in [-0.05, 0) is 36.2 Å². The highest BCUT2D eigenvalue weighted by Crippen LogP contribution is 2.19. The highest BCUT2D eigenvalue weighted by molar-refractivity contribution is 6.29. The van der Waals surface area contributed by atoms with Crippen LogP contribution in [0.1, 0.15) is 12.5 Å². The number of halogens is 1. The Morgan fingerprint density at radius 1 is 1.19 bits per heavy atom. The first-order valence-electron chi connectivity index (χ1n) is 5.25. The molecule has 0 atom stereocenters. The molecule has 0 amide bonds. The molecular formula is C13H13ClN2. The second-order valence-electron chi connectivity index (χ2n) is 3.55. The van der Waals surface area contributed by atoms with E-state index >= 15 is 0 Å². The number of nitrogens with one attached hydrogen (secondary N) is 1. The van der Waals surface area contributed by atoms with Gasteiger partial charge < -0.3 is 5.32 Å². The summed E-state index contributed by atoms with van der Waals surface area (Å²) in [6.07, 6.45) is 2.72. The van der Waals surface area contributed by atoms with Crippen molar-refractivity contribution >= 4 is 23.0 Å². The molecule has 1 aromatic carbocycles. The van der Waals surface area contributed by atoms with E-state index in [9.17, 15) is 0 Å². The molecule has 1 heterocycles. The largest absolute Gasteiger partial charge is 0.355 e. The summed E-state index contributed by atoms with van der Waals surface area (Å²) in [5.74, 6) is 0. The van der Waals surface area contributed by atoms with Crippen LogP contribution < -0.4 is 5.32 Å². The molecule has 1 N–H and O–H groups in total. The molecule has 0 saturated carbocycles. The van der Waals surface area contributed by atoms with Gasteiger partial charge in [0.25, 0.3) is 0 Å². The van der Waals surface area contributed by atoms with Gasteiger partial charge in [-0.3, -0.25) is 0 Å². The topological polar surface area (TPSA) is 24.9 Å². The van der Waals surface area contributed by atoms with Crippen molar-refractivity contribution in [3.63, 3.8) is 0 Å². The van der Waals surface area contributed by atoms with Crippen molar-refractivity contribution in [3.05, 3.63) is 53.3 Å². The molecule has 0 aliphatic carbocycles. The van der Waals surface area contributed by atoms with E-state index in [4.69, 9.17) is 11.6 Å². The second kappa shape index (κ2) is 4.99. The van der Waals surface area contributed by atoms with Crippen molar-refractivity contribution in [2.24, 2.45) is 0 Å². The van der Waals surface area contributed by atoms with Gasteiger partial charge in [0.05, 0.1) is 0 Å². The molecule has 0 aliphatic heterocycles. The van der Waals surface area contributed by atoms with E-state index in [2.05, 4.69) is 29.4 Å². The standard InChI is InChI=1S/C13H13ClN2/c1-2-10-4-3-5-11(8-10)16-12-6-7-15-13(14)9-12/h3-9H,2H2,1H3,(H,15,16). The van der Waals surface area contributed by atoms with Crippen LogP contribution in [0.2, 0.25) is 5.15 Å². The highest BCUT2D eigenvalue weighted by atomic mass is 35.5. The molecule has 0 bridgehead atoms. The lowest BCUT2D eigenvalue weighted by Gasteiger charge is -2.07. The quantitative estimate of drug-likeness (QED) is 0.808. The van der Waals surface area contributed by atoms with Gasteiger partial charge in [-0.25, -0.2) is 4.98 Å². The summed E-state index contributed by atoms with van der Waals surface area (Å²) in [6, 6.07) is 12.0. The van der Waals surface area contributed by atoms with Crippen molar-refractivity contribution in [1.29, 1.82) is 0 Å². The minimum Gasteiger partial charge on any atom is -0.355 e. The fraction of sp³-hybridized carbons (Fsp3) is 0.154. The third-order valence-electron chi connectivity index (χ3n) is 2.35. The Bertz CT molecular complexity index is 483. The fourth-order valence-corrected chi connectivity index (χ4v) is 1.69. The minimum atomic E-state index is 0.497. The minimum absolute atomic E-state index is 0.497. The van der Waals surface area contributed by atoms with Gasteiger partial charge in [-0.15, -0.1) is 0 Å². The van der Waals surface area contributed by atoms with Crippen LogP contribution in [0.4, 0.5) is 11.4 Å². The van der Waals surface area contributed by atoms with E-state index in [0.717, 1.165) is 17.8 Å². The number of pyridine rings is 1. The number of anilines is 2. The molecular weight excluding hydrogens is 220 g/mol. The van der Waals surface area contributed by atoms with Gasteiger partial charge in [0.1, 0.15) is 5.15 Å². The summed E-state index contributed by atoms with van der Waals surface area (Å²) in [6.45, 7) is 2.14. The maximum atomic E-state index is 5.82. The Morgan fingerprint density at radius 3 is 2.75 bits per heavy atom. The van der Waals surface area contributed by atoms with Crippen LogP contribution >= 0.6 is 11.6 Å². The summed E-state index contributed by atoms with van der Waals surface area (Å²) >= 11 is 5.82. The van der Waals surface area contributed by atoms with Crippen LogP contribution in [0.25, 0.3) is 0 Å². The lowest BCUT2D eigenvalue weighted by molar-refractivity contribution is 1.14. The number of hydrogen-bond donors (Lipinski definition) is 1. The third kappa shape index (κ3) is 2.74. The Kier molecular flexibility index (Phi) is 3.42. The third-order valence-corrected chi connectivity index (χ3v) is 2.56. The van der Waals surface area contributed by atoms with Gasteiger partial charge in [-0.1, -0.05) is 30.7 Å². The summed E-state index contributed by atoms with van der Waals surface area (Å²) in [5.41, 5.74) is 3.33. The van der Waals surface area contributed by atoms with Crippen LogP contribution in [0.3, 0.4) is 0 Å². The molecule has 16 heavy (non-hydrogen) atoms. The molecule has 0 unspecified atom stereocenters. The van der Waals surface area contributed by atoms with E-state index < -0.39 is 0 Å². The molecule has 0 radical (unpaired) electrons. The smallest absolute Gasteiger partial charge is 0.131 e. The molecule has 0 aliphatic rings. The molecule has 82 valence electrons. The first-order chi connectivity index (χ1) is 7.78. The van der Waals surface area contributed by atoms with Crippen molar-refractivity contribution in [1.82, 2.24) is 4.98 Å². The van der Waals surface area contributed by atoms with Crippen LogP contribution in [0, 0.1) is 0 Å². The number of hydrogen-bond acceptors (Lipinski definition) is 2. The molecule has 1 aromatic heterocycles. The van der Waals surface area contributed by atoms with E-state index in [1.54, 1.807) is 12.3 Å². The average molecular weight is 233 g/mol. The van der Waals surface area contributed by atoms with Crippen molar-refractivity contribution < 1.29 is 0 Å². The highest BCUT2D eigenvalue weighted by Gasteiger charge is 1.97. The molecule has 2 aromatic rings. The Balaban J connectivity index is 2.20. The summed E-state index contributed by atoms with van der Waals surface area (Å²) < 4.78 is 0. The zero-order valence-electron chi connectivity index (χ0n) is 9.07. The molecule has 0 saturated heterocycles. The average Bonchev–Trinajstić information content (AvgIpc) is 2.29. The zero-order chi connectivity index (χ0) is 11.4. The first kappa shape index (κ1) is 11.0. The predicted octanol–water partition coefficient (Wildman–Crippen LogP) is 4.04. The van der Waals surface area contributed by atoms with Crippen LogP contribution in [-0.4, -0.2) is 4.98 Å². The number of aromatic nitrogens is 1. The maximum Gasteiger partial charge on any atom is 0.131 e. The van der Waals surface area contributed by atoms with E-state index in [1.165, 1.54) is 5.56 Å².